The van der Waals surface area contributed by atoms with Gasteiger partial charge in [0.05, 0.1) is 16.1 Å². The van der Waals surface area contributed by atoms with Crippen molar-refractivity contribution in [2.75, 3.05) is 11.1 Å². The molecule has 0 bridgehead atoms. The number of hydrogen-bond donors (Lipinski definition) is 1. The van der Waals surface area contributed by atoms with Crippen LogP contribution in [-0.2, 0) is 20.0 Å². The predicted molar refractivity (Wildman–Crippen MR) is 122 cm³/mol. The number of rotatable bonds is 6. The van der Waals surface area contributed by atoms with Crippen molar-refractivity contribution in [3.05, 3.63) is 95.1 Å². The molecular formula is C25H27NO3S. The molecule has 4 nitrogen and oxygen atoms in total. The number of benzene rings is 3. The minimum Gasteiger partial charge on any atom is -0.325 e. The first-order valence-corrected chi connectivity index (χ1v) is 11.5. The van der Waals surface area contributed by atoms with Crippen LogP contribution in [0.3, 0.4) is 0 Å². The second kappa shape index (κ2) is 8.44. The molecular weight excluding hydrogens is 394 g/mol. The molecule has 0 spiro atoms. The zero-order valence-corrected chi connectivity index (χ0v) is 18.6. The Morgan fingerprint density at radius 3 is 1.93 bits per heavy atom. The van der Waals surface area contributed by atoms with E-state index in [0.717, 1.165) is 11.1 Å². The molecule has 0 radical (unpaired) electrons. The summed E-state index contributed by atoms with van der Waals surface area (Å²) in [5.74, 6) is -0.682. The summed E-state index contributed by atoms with van der Waals surface area (Å²) in [6, 6.07) is 21.8. The molecule has 1 N–H and O–H groups in total. The molecule has 0 saturated heterocycles. The summed E-state index contributed by atoms with van der Waals surface area (Å²) in [4.78, 5) is 13.7. The lowest BCUT2D eigenvalue weighted by Crippen LogP contribution is -2.43. The number of sulfone groups is 1. The van der Waals surface area contributed by atoms with Crippen molar-refractivity contribution in [2.45, 2.75) is 38.0 Å². The predicted octanol–water partition coefficient (Wildman–Crippen LogP) is 4.98. The molecule has 30 heavy (non-hydrogen) atoms. The second-order valence-corrected chi connectivity index (χ2v) is 10.0. The second-order valence-electron chi connectivity index (χ2n) is 8.04. The number of hydrogen-bond acceptors (Lipinski definition) is 3. The van der Waals surface area contributed by atoms with Crippen LogP contribution in [0.15, 0.2) is 77.7 Å². The summed E-state index contributed by atoms with van der Waals surface area (Å²) in [6.07, 6.45) is 0. The summed E-state index contributed by atoms with van der Waals surface area (Å²) in [7, 11) is -3.71. The van der Waals surface area contributed by atoms with Crippen molar-refractivity contribution < 1.29 is 13.2 Å². The Kier molecular flexibility index (Phi) is 6.13. The Morgan fingerprint density at radius 2 is 1.37 bits per heavy atom. The van der Waals surface area contributed by atoms with Crippen LogP contribution in [0.4, 0.5) is 5.69 Å². The highest BCUT2D eigenvalue weighted by atomic mass is 32.2. The van der Waals surface area contributed by atoms with Crippen LogP contribution in [0.25, 0.3) is 0 Å². The van der Waals surface area contributed by atoms with E-state index in [1.54, 1.807) is 38.1 Å². The largest absolute Gasteiger partial charge is 0.325 e. The molecule has 0 aliphatic rings. The molecule has 0 saturated carbocycles. The van der Waals surface area contributed by atoms with E-state index in [1.807, 2.05) is 62.4 Å². The van der Waals surface area contributed by atoms with Crippen molar-refractivity contribution in [1.29, 1.82) is 0 Å². The van der Waals surface area contributed by atoms with E-state index in [1.165, 1.54) is 0 Å². The Hall–Kier alpha value is -2.92. The summed E-state index contributed by atoms with van der Waals surface area (Å²) in [5, 5.41) is 2.91. The van der Waals surface area contributed by atoms with Crippen LogP contribution >= 0.6 is 0 Å². The van der Waals surface area contributed by atoms with Crippen molar-refractivity contribution in [2.24, 2.45) is 0 Å². The Morgan fingerprint density at radius 1 is 0.833 bits per heavy atom. The van der Waals surface area contributed by atoms with Crippen LogP contribution < -0.4 is 5.32 Å². The maximum absolute atomic E-state index is 13.4. The zero-order chi connectivity index (χ0) is 21.9. The van der Waals surface area contributed by atoms with Gasteiger partial charge in [-0.3, -0.25) is 4.79 Å². The Labute approximate surface area is 178 Å². The van der Waals surface area contributed by atoms with Crippen LogP contribution in [0, 0.1) is 20.8 Å². The summed E-state index contributed by atoms with van der Waals surface area (Å²) in [5.41, 5.74) is 2.83. The van der Waals surface area contributed by atoms with Crippen molar-refractivity contribution in [3.8, 4) is 0 Å². The van der Waals surface area contributed by atoms with Crippen molar-refractivity contribution in [1.82, 2.24) is 0 Å². The molecule has 0 aliphatic heterocycles. The van der Waals surface area contributed by atoms with Gasteiger partial charge in [0.15, 0.2) is 9.84 Å². The zero-order valence-electron chi connectivity index (χ0n) is 17.8. The lowest BCUT2D eigenvalue weighted by atomic mass is 9.83. The van der Waals surface area contributed by atoms with Crippen LogP contribution in [0.1, 0.15) is 29.2 Å². The van der Waals surface area contributed by atoms with Gasteiger partial charge in [-0.25, -0.2) is 8.42 Å². The van der Waals surface area contributed by atoms with Crippen LogP contribution in [0.5, 0.6) is 0 Å². The normalized spacial score (nSPS) is 13.5. The highest BCUT2D eigenvalue weighted by Gasteiger charge is 2.40. The van der Waals surface area contributed by atoms with E-state index in [4.69, 9.17) is 0 Å². The first-order chi connectivity index (χ1) is 14.1. The number of nitrogens with one attached hydrogen (secondary N) is 1. The third-order valence-electron chi connectivity index (χ3n) is 5.41. The standard InChI is InChI=1S/C25H27NO3S/c1-18-9-13-21(14-10-18)25(4,24(27)26-22-15-11-19(2)12-16-22)17-30(28,29)23-8-6-5-7-20(23)3/h5-16H,17H2,1-4H3,(H,26,27). The monoisotopic (exact) mass is 421 g/mol. The van der Waals surface area contributed by atoms with E-state index in [2.05, 4.69) is 5.32 Å². The van der Waals surface area contributed by atoms with Gasteiger partial charge >= 0.3 is 0 Å². The molecule has 5 heteroatoms. The first kappa shape index (κ1) is 21.8. The molecule has 1 atom stereocenters. The molecule has 0 fully saturated rings. The van der Waals surface area contributed by atoms with Crippen molar-refractivity contribution >= 4 is 21.4 Å². The smallest absolute Gasteiger partial charge is 0.235 e. The van der Waals surface area contributed by atoms with Gasteiger partial charge in [0, 0.05) is 5.69 Å². The highest BCUT2D eigenvalue weighted by molar-refractivity contribution is 7.91. The molecule has 3 rings (SSSR count). The number of amides is 1. The fourth-order valence-electron chi connectivity index (χ4n) is 3.47. The van der Waals surface area contributed by atoms with Gasteiger partial charge in [0.1, 0.15) is 0 Å². The number of aryl methyl sites for hydroxylation is 3. The summed E-state index contributed by atoms with van der Waals surface area (Å²) in [6.45, 7) is 7.38. The van der Waals surface area contributed by atoms with E-state index >= 15 is 0 Å². The van der Waals surface area contributed by atoms with Gasteiger partial charge in [-0.15, -0.1) is 0 Å². The molecule has 0 aromatic heterocycles. The molecule has 3 aromatic rings. The minimum absolute atomic E-state index is 0.256. The summed E-state index contributed by atoms with van der Waals surface area (Å²) >= 11 is 0. The lowest BCUT2D eigenvalue weighted by Gasteiger charge is -2.29. The quantitative estimate of drug-likeness (QED) is 0.610. The SMILES string of the molecule is Cc1ccc(NC(=O)C(C)(CS(=O)(=O)c2ccccc2C)c2ccc(C)cc2)cc1. The van der Waals surface area contributed by atoms with E-state index in [0.29, 0.717) is 16.8 Å². The lowest BCUT2D eigenvalue weighted by molar-refractivity contribution is -0.120. The minimum atomic E-state index is -3.71. The number of carbonyl (C=O) groups excluding carboxylic acids is 1. The van der Waals surface area contributed by atoms with Gasteiger partial charge in [0.2, 0.25) is 5.91 Å². The van der Waals surface area contributed by atoms with Gasteiger partial charge < -0.3 is 5.32 Å². The fourth-order valence-corrected chi connectivity index (χ4v) is 5.53. The van der Waals surface area contributed by atoms with Crippen LogP contribution in [0.2, 0.25) is 0 Å². The third kappa shape index (κ3) is 4.62. The topological polar surface area (TPSA) is 63.2 Å². The average Bonchev–Trinajstić information content (AvgIpc) is 2.70. The molecule has 0 heterocycles. The first-order valence-electron chi connectivity index (χ1n) is 9.85. The van der Waals surface area contributed by atoms with E-state index in [-0.39, 0.29) is 16.6 Å². The molecule has 1 unspecified atom stereocenters. The van der Waals surface area contributed by atoms with Gasteiger partial charge in [0.25, 0.3) is 0 Å². The maximum atomic E-state index is 13.4. The van der Waals surface area contributed by atoms with Crippen LogP contribution in [-0.4, -0.2) is 20.1 Å². The molecule has 3 aromatic carbocycles. The van der Waals surface area contributed by atoms with E-state index in [9.17, 15) is 13.2 Å². The number of anilines is 1. The maximum Gasteiger partial charge on any atom is 0.235 e. The van der Waals surface area contributed by atoms with Gasteiger partial charge in [-0.05, 0) is 57.0 Å². The molecule has 1 amide bonds. The Balaban J connectivity index is 2.03. The molecule has 0 aliphatic carbocycles. The fraction of sp³-hybridized carbons (Fsp3) is 0.240. The number of carbonyl (C=O) groups is 1. The van der Waals surface area contributed by atoms with Gasteiger partial charge in [-0.2, -0.15) is 0 Å². The Bertz CT molecular complexity index is 1150. The highest BCUT2D eigenvalue weighted by Crippen LogP contribution is 2.31. The van der Waals surface area contributed by atoms with E-state index < -0.39 is 15.3 Å². The molecule has 156 valence electrons. The average molecular weight is 422 g/mol. The van der Waals surface area contributed by atoms with Crippen molar-refractivity contribution in [3.63, 3.8) is 0 Å². The van der Waals surface area contributed by atoms with Gasteiger partial charge in [-0.1, -0.05) is 65.7 Å². The third-order valence-corrected chi connectivity index (χ3v) is 7.49. The summed E-state index contributed by atoms with van der Waals surface area (Å²) < 4.78 is 26.7.